The third kappa shape index (κ3) is 4.14. The minimum Gasteiger partial charge on any atom is -0.443 e. The standard InChI is InChI=1S/C43H29N5O/c1-43(2)34-20-17-28(23-32(34)31-19-22-37-39(38(31)43)44-25-49-37)29-18-21-36-33(24-29)30-15-9-10-16-35(30)48(36)42-46-40(26-11-5-3-6-12-26)45-41(47-42)27-13-7-4-8-14-27/h3-25H,1-2H3. The van der Waals surface area contributed by atoms with Crippen molar-refractivity contribution in [2.45, 2.75) is 19.3 Å². The SMILES string of the molecule is CC1(C)c2ccc(-c3ccc4c(c3)c3ccccc3n4-c3nc(-c4ccccc4)nc(-c4ccccc4)n3)cc2-c2ccc3ocnc3c21. The van der Waals surface area contributed by atoms with Crippen molar-refractivity contribution in [2.75, 3.05) is 0 Å². The molecule has 0 unspecified atom stereocenters. The Morgan fingerprint density at radius 3 is 1.96 bits per heavy atom. The number of nitrogens with zero attached hydrogens (tertiary/aromatic N) is 5. The first kappa shape index (κ1) is 27.7. The first-order valence-electron chi connectivity index (χ1n) is 16.5. The van der Waals surface area contributed by atoms with E-state index in [-0.39, 0.29) is 5.41 Å². The second-order valence-electron chi connectivity index (χ2n) is 13.2. The monoisotopic (exact) mass is 631 g/mol. The van der Waals surface area contributed by atoms with E-state index in [0.717, 1.165) is 49.6 Å². The van der Waals surface area contributed by atoms with Crippen molar-refractivity contribution in [3.05, 3.63) is 151 Å². The molecule has 49 heavy (non-hydrogen) atoms. The molecule has 0 radical (unpaired) electrons. The number of rotatable bonds is 4. The fraction of sp³-hybridized carbons (Fsp3) is 0.0698. The third-order valence-electron chi connectivity index (χ3n) is 10.0. The summed E-state index contributed by atoms with van der Waals surface area (Å²) in [6, 6.07) is 46.5. The summed E-state index contributed by atoms with van der Waals surface area (Å²) < 4.78 is 7.84. The molecular formula is C43H29N5O. The fourth-order valence-electron chi connectivity index (χ4n) is 7.68. The first-order chi connectivity index (χ1) is 24.0. The lowest BCUT2D eigenvalue weighted by molar-refractivity contribution is 0.602. The summed E-state index contributed by atoms with van der Waals surface area (Å²) in [7, 11) is 0. The maximum Gasteiger partial charge on any atom is 0.238 e. The Balaban J connectivity index is 1.16. The predicted molar refractivity (Wildman–Crippen MR) is 196 cm³/mol. The van der Waals surface area contributed by atoms with Crippen molar-refractivity contribution in [1.29, 1.82) is 0 Å². The molecule has 0 atom stereocenters. The molecule has 232 valence electrons. The number of benzene rings is 6. The second kappa shape index (κ2) is 10.3. The van der Waals surface area contributed by atoms with Gasteiger partial charge >= 0.3 is 0 Å². The van der Waals surface area contributed by atoms with Gasteiger partial charge in [0, 0.05) is 27.3 Å². The van der Waals surface area contributed by atoms with Crippen LogP contribution in [0.4, 0.5) is 0 Å². The van der Waals surface area contributed by atoms with Gasteiger partial charge in [-0.05, 0) is 63.7 Å². The number of hydrogen-bond acceptors (Lipinski definition) is 5. The number of oxazole rings is 1. The van der Waals surface area contributed by atoms with Gasteiger partial charge in [-0.2, -0.15) is 9.97 Å². The summed E-state index contributed by atoms with van der Waals surface area (Å²) in [6.07, 6.45) is 1.54. The Kier molecular flexibility index (Phi) is 5.82. The Hall–Kier alpha value is -6.40. The molecule has 6 nitrogen and oxygen atoms in total. The van der Waals surface area contributed by atoms with Crippen LogP contribution in [-0.4, -0.2) is 24.5 Å². The van der Waals surface area contributed by atoms with E-state index in [1.54, 1.807) is 6.39 Å². The van der Waals surface area contributed by atoms with Crippen molar-refractivity contribution in [3.63, 3.8) is 0 Å². The highest BCUT2D eigenvalue weighted by Gasteiger charge is 2.38. The fourth-order valence-corrected chi connectivity index (χ4v) is 7.68. The minimum absolute atomic E-state index is 0.182. The third-order valence-corrected chi connectivity index (χ3v) is 10.0. The Labute approximate surface area is 282 Å². The molecular weight excluding hydrogens is 603 g/mol. The van der Waals surface area contributed by atoms with Gasteiger partial charge < -0.3 is 4.42 Å². The summed E-state index contributed by atoms with van der Waals surface area (Å²) in [5, 5.41) is 2.28. The van der Waals surface area contributed by atoms with Gasteiger partial charge in [-0.25, -0.2) is 9.97 Å². The highest BCUT2D eigenvalue weighted by Crippen LogP contribution is 2.52. The number of hydrogen-bond donors (Lipinski definition) is 0. The molecule has 6 heteroatoms. The van der Waals surface area contributed by atoms with Crippen LogP contribution in [0.5, 0.6) is 0 Å². The zero-order valence-electron chi connectivity index (χ0n) is 26.9. The molecule has 1 aliphatic carbocycles. The van der Waals surface area contributed by atoms with Crippen molar-refractivity contribution < 1.29 is 4.42 Å². The normalized spacial score (nSPS) is 13.3. The highest BCUT2D eigenvalue weighted by atomic mass is 16.3. The van der Waals surface area contributed by atoms with Crippen LogP contribution in [0, 0.1) is 0 Å². The quantitative estimate of drug-likeness (QED) is 0.193. The van der Waals surface area contributed by atoms with Gasteiger partial charge in [-0.3, -0.25) is 4.57 Å². The van der Waals surface area contributed by atoms with Crippen LogP contribution in [0.2, 0.25) is 0 Å². The summed E-state index contributed by atoms with van der Waals surface area (Å²) in [5.41, 5.74) is 12.9. The summed E-state index contributed by atoms with van der Waals surface area (Å²) in [4.78, 5) is 19.7. The first-order valence-corrected chi connectivity index (χ1v) is 16.5. The molecule has 0 spiro atoms. The van der Waals surface area contributed by atoms with Crippen LogP contribution < -0.4 is 0 Å². The second-order valence-corrected chi connectivity index (χ2v) is 13.2. The van der Waals surface area contributed by atoms with Crippen LogP contribution in [0.25, 0.3) is 83.9 Å². The summed E-state index contributed by atoms with van der Waals surface area (Å²) >= 11 is 0. The van der Waals surface area contributed by atoms with Crippen LogP contribution >= 0.6 is 0 Å². The molecule has 0 amide bonds. The number of para-hydroxylation sites is 1. The maximum absolute atomic E-state index is 5.67. The maximum atomic E-state index is 5.67. The zero-order chi connectivity index (χ0) is 32.7. The van der Waals surface area contributed by atoms with Gasteiger partial charge in [0.2, 0.25) is 5.95 Å². The zero-order valence-corrected chi connectivity index (χ0v) is 26.9. The van der Waals surface area contributed by atoms with E-state index >= 15 is 0 Å². The smallest absolute Gasteiger partial charge is 0.238 e. The minimum atomic E-state index is -0.182. The molecule has 0 N–H and O–H groups in total. The van der Waals surface area contributed by atoms with E-state index in [1.165, 1.54) is 27.8 Å². The lowest BCUT2D eigenvalue weighted by Gasteiger charge is -2.21. The van der Waals surface area contributed by atoms with Crippen molar-refractivity contribution in [1.82, 2.24) is 24.5 Å². The van der Waals surface area contributed by atoms with Crippen LogP contribution in [0.1, 0.15) is 25.0 Å². The van der Waals surface area contributed by atoms with Gasteiger partial charge in [0.05, 0.1) is 11.0 Å². The van der Waals surface area contributed by atoms with Crippen LogP contribution in [0.15, 0.2) is 144 Å². The van der Waals surface area contributed by atoms with Gasteiger partial charge in [-0.1, -0.05) is 117 Å². The van der Waals surface area contributed by atoms with E-state index in [9.17, 15) is 0 Å². The van der Waals surface area contributed by atoms with E-state index in [1.807, 2.05) is 66.7 Å². The Morgan fingerprint density at radius 1 is 0.551 bits per heavy atom. The topological polar surface area (TPSA) is 69.6 Å². The van der Waals surface area contributed by atoms with Gasteiger partial charge in [-0.15, -0.1) is 0 Å². The molecule has 0 saturated carbocycles. The van der Waals surface area contributed by atoms with Gasteiger partial charge in [0.1, 0.15) is 5.52 Å². The molecule has 9 aromatic rings. The number of aromatic nitrogens is 5. The molecule has 0 saturated heterocycles. The predicted octanol–water partition coefficient (Wildman–Crippen LogP) is 10.4. The average molecular weight is 632 g/mol. The molecule has 6 aromatic carbocycles. The van der Waals surface area contributed by atoms with Crippen molar-refractivity contribution >= 4 is 32.9 Å². The van der Waals surface area contributed by atoms with E-state index < -0.39 is 0 Å². The number of fused-ring (bicyclic) bond motifs is 8. The van der Waals surface area contributed by atoms with Crippen LogP contribution in [-0.2, 0) is 5.41 Å². The largest absolute Gasteiger partial charge is 0.443 e. The molecule has 0 bridgehead atoms. The van der Waals surface area contributed by atoms with Crippen molar-refractivity contribution in [2.24, 2.45) is 0 Å². The van der Waals surface area contributed by atoms with E-state index in [0.29, 0.717) is 17.6 Å². The molecule has 3 aromatic heterocycles. The summed E-state index contributed by atoms with van der Waals surface area (Å²) in [6.45, 7) is 4.56. The molecule has 1 aliphatic rings. The molecule has 3 heterocycles. The van der Waals surface area contributed by atoms with Gasteiger partial charge in [0.15, 0.2) is 23.6 Å². The Morgan fingerprint density at radius 2 is 1.20 bits per heavy atom. The molecule has 10 rings (SSSR count). The average Bonchev–Trinajstić information content (AvgIpc) is 3.83. The van der Waals surface area contributed by atoms with Crippen molar-refractivity contribution in [3.8, 4) is 51.0 Å². The van der Waals surface area contributed by atoms with E-state index in [4.69, 9.17) is 19.4 Å². The lowest BCUT2D eigenvalue weighted by Crippen LogP contribution is -2.15. The lowest BCUT2D eigenvalue weighted by atomic mass is 9.81. The van der Waals surface area contributed by atoms with Crippen LogP contribution in [0.3, 0.4) is 0 Å². The highest BCUT2D eigenvalue weighted by molar-refractivity contribution is 6.10. The molecule has 0 fully saturated rings. The van der Waals surface area contributed by atoms with E-state index in [2.05, 4.69) is 90.1 Å². The Bertz CT molecular complexity index is 2680. The summed E-state index contributed by atoms with van der Waals surface area (Å²) in [5.74, 6) is 1.86. The van der Waals surface area contributed by atoms with Gasteiger partial charge in [0.25, 0.3) is 0 Å². The molecule has 0 aliphatic heterocycles.